The number of aromatic nitrogens is 1. The van der Waals surface area contributed by atoms with Crippen LogP contribution < -0.4 is 19.6 Å². The van der Waals surface area contributed by atoms with Gasteiger partial charge in [0.05, 0.1) is 22.7 Å². The number of fused-ring (bicyclic) bond motifs is 17. The van der Waals surface area contributed by atoms with Gasteiger partial charge in [-0.1, -0.05) is 117 Å². The molecule has 0 bridgehead atoms. The lowest BCUT2D eigenvalue weighted by atomic mass is 9.72. The van der Waals surface area contributed by atoms with Crippen molar-refractivity contribution in [2.24, 2.45) is 5.92 Å². The molecule has 5 nitrogen and oxygen atoms in total. The average molecular weight is 710 g/mol. The average Bonchev–Trinajstić information content (AvgIpc) is 3.80. The number of anilines is 8. The zero-order chi connectivity index (χ0) is 36.6. The first-order valence-corrected chi connectivity index (χ1v) is 19.4. The Morgan fingerprint density at radius 2 is 1.07 bits per heavy atom. The van der Waals surface area contributed by atoms with Crippen LogP contribution in [0, 0.1) is 5.92 Å². The van der Waals surface area contributed by atoms with Gasteiger partial charge in [-0.3, -0.25) is 0 Å². The van der Waals surface area contributed by atoms with E-state index in [9.17, 15) is 0 Å². The molecule has 1 aliphatic carbocycles. The maximum atomic E-state index is 5.18. The Balaban J connectivity index is 1.19. The molecular formula is C50H39N5. The Kier molecular flexibility index (Phi) is 6.16. The zero-order valence-corrected chi connectivity index (χ0v) is 30.8. The largest absolute Gasteiger partial charge is 0.318 e. The van der Waals surface area contributed by atoms with Crippen molar-refractivity contribution in [1.82, 2.24) is 4.98 Å². The number of benzene rings is 6. The lowest BCUT2D eigenvalue weighted by Gasteiger charge is -2.51. The van der Waals surface area contributed by atoms with Gasteiger partial charge in [0, 0.05) is 46.1 Å². The zero-order valence-electron chi connectivity index (χ0n) is 30.8. The van der Waals surface area contributed by atoms with Gasteiger partial charge in [0.15, 0.2) is 5.82 Å². The molecule has 4 unspecified atom stereocenters. The summed E-state index contributed by atoms with van der Waals surface area (Å²) in [6, 6.07) is 58.3. The predicted octanol–water partition coefficient (Wildman–Crippen LogP) is 12.1. The minimum absolute atomic E-state index is 0.00124. The standard InChI is InChI=1S/C50H39N5/c1-31-34-21-11-14-25-40(34)55-47-42(27-16-28-51-47)52(32-17-6-4-7-18-32)49(55)46-45(31)36-23-12-15-26-41(36)54-44-30-39-37(35-22-10-13-24-38(35)50(39,2)3)29-43(44)53(48(46)54)33-19-8-5-9-20-33/h4-30,45-46,48-49H,1H2,2-3H3. The van der Waals surface area contributed by atoms with Gasteiger partial charge in [-0.25, -0.2) is 4.98 Å². The Morgan fingerprint density at radius 3 is 1.84 bits per heavy atom. The van der Waals surface area contributed by atoms with E-state index in [4.69, 9.17) is 11.6 Å². The van der Waals surface area contributed by atoms with Crippen molar-refractivity contribution in [3.63, 3.8) is 0 Å². The molecule has 0 saturated heterocycles. The van der Waals surface area contributed by atoms with Crippen LogP contribution in [0.2, 0.25) is 0 Å². The van der Waals surface area contributed by atoms with Gasteiger partial charge in [-0.05, 0) is 94.1 Å². The quantitative estimate of drug-likeness (QED) is 0.178. The molecule has 7 aromatic rings. The number of allylic oxidation sites excluding steroid dienone is 1. The van der Waals surface area contributed by atoms with Crippen molar-refractivity contribution in [3.8, 4) is 11.1 Å². The van der Waals surface area contributed by atoms with E-state index in [1.165, 1.54) is 56.1 Å². The van der Waals surface area contributed by atoms with Gasteiger partial charge in [0.1, 0.15) is 12.3 Å². The first kappa shape index (κ1) is 30.8. The second-order valence-electron chi connectivity index (χ2n) is 16.0. The van der Waals surface area contributed by atoms with Crippen molar-refractivity contribution < 1.29 is 0 Å². The number of hydrogen-bond donors (Lipinski definition) is 0. The summed E-state index contributed by atoms with van der Waals surface area (Å²) in [4.78, 5) is 15.6. The Bertz CT molecular complexity index is 2720. The highest BCUT2D eigenvalue weighted by Gasteiger charge is 2.60. The van der Waals surface area contributed by atoms with E-state index in [2.05, 4.69) is 191 Å². The summed E-state index contributed by atoms with van der Waals surface area (Å²) in [5.74, 6) is 0.965. The van der Waals surface area contributed by atoms with Crippen LogP contribution in [-0.2, 0) is 5.41 Å². The van der Waals surface area contributed by atoms with Crippen LogP contribution in [0.4, 0.5) is 45.6 Å². The summed E-state index contributed by atoms with van der Waals surface area (Å²) in [6.07, 6.45) is 1.70. The third-order valence-corrected chi connectivity index (χ3v) is 13.1. The first-order chi connectivity index (χ1) is 27.0. The number of hydrogen-bond acceptors (Lipinski definition) is 5. The van der Waals surface area contributed by atoms with Gasteiger partial charge >= 0.3 is 0 Å². The minimum Gasteiger partial charge on any atom is -0.318 e. The summed E-state index contributed by atoms with van der Waals surface area (Å²) in [7, 11) is 0. The Labute approximate surface area is 322 Å². The summed E-state index contributed by atoms with van der Waals surface area (Å²) >= 11 is 0. The molecule has 1 aromatic heterocycles. The second-order valence-corrected chi connectivity index (χ2v) is 16.0. The molecule has 55 heavy (non-hydrogen) atoms. The van der Waals surface area contributed by atoms with Crippen LogP contribution in [0.25, 0.3) is 16.7 Å². The molecule has 5 aliphatic rings. The SMILES string of the molecule is C=C1c2ccccc2N2c3ncccc3N(c3ccccc3)C2C2C1c1ccccc1N1c3cc4c(cc3N(c3ccccc3)C21)-c1ccccc1C4(C)C. The normalized spacial score (nSPS) is 21.7. The molecule has 0 saturated carbocycles. The molecule has 4 atom stereocenters. The molecule has 4 aliphatic heterocycles. The smallest absolute Gasteiger partial charge is 0.158 e. The fourth-order valence-corrected chi connectivity index (χ4v) is 10.9. The molecule has 0 fully saturated rings. The van der Waals surface area contributed by atoms with E-state index < -0.39 is 0 Å². The monoisotopic (exact) mass is 709 g/mol. The van der Waals surface area contributed by atoms with E-state index in [-0.39, 0.29) is 29.6 Å². The maximum Gasteiger partial charge on any atom is 0.158 e. The highest BCUT2D eigenvalue weighted by Crippen LogP contribution is 2.66. The van der Waals surface area contributed by atoms with Crippen LogP contribution in [0.15, 0.2) is 171 Å². The molecule has 6 aromatic carbocycles. The van der Waals surface area contributed by atoms with E-state index in [0.717, 1.165) is 28.5 Å². The van der Waals surface area contributed by atoms with E-state index in [1.807, 2.05) is 6.20 Å². The molecule has 0 spiro atoms. The topological polar surface area (TPSA) is 25.9 Å². The number of rotatable bonds is 2. The van der Waals surface area contributed by atoms with Crippen molar-refractivity contribution in [2.75, 3.05) is 19.6 Å². The molecular weight excluding hydrogens is 671 g/mol. The highest BCUT2D eigenvalue weighted by molar-refractivity contribution is 5.99. The lowest BCUT2D eigenvalue weighted by molar-refractivity contribution is 0.329. The molecule has 5 heteroatoms. The van der Waals surface area contributed by atoms with Gasteiger partial charge in [0.2, 0.25) is 0 Å². The number of nitrogens with zero attached hydrogens (tertiary/aromatic N) is 5. The van der Waals surface area contributed by atoms with Gasteiger partial charge in [-0.15, -0.1) is 0 Å². The summed E-state index contributed by atoms with van der Waals surface area (Å²) < 4.78 is 0. The minimum atomic E-state index is -0.136. The van der Waals surface area contributed by atoms with E-state index in [1.54, 1.807) is 0 Å². The van der Waals surface area contributed by atoms with Crippen molar-refractivity contribution >= 4 is 51.2 Å². The molecule has 0 radical (unpaired) electrons. The fraction of sp³-hybridized carbons (Fsp3) is 0.140. The molecule has 12 rings (SSSR count). The third-order valence-electron chi connectivity index (χ3n) is 13.1. The van der Waals surface area contributed by atoms with E-state index >= 15 is 0 Å². The second kappa shape index (κ2) is 11.0. The Hall–Kier alpha value is -6.59. The highest BCUT2D eigenvalue weighted by atomic mass is 15.5. The predicted molar refractivity (Wildman–Crippen MR) is 225 cm³/mol. The molecule has 5 heterocycles. The number of para-hydroxylation sites is 4. The number of pyridine rings is 1. The lowest BCUT2D eigenvalue weighted by Crippen LogP contribution is -2.59. The van der Waals surface area contributed by atoms with Crippen molar-refractivity contribution in [3.05, 3.63) is 193 Å². The van der Waals surface area contributed by atoms with Crippen LogP contribution in [0.3, 0.4) is 0 Å². The molecule has 0 amide bonds. The molecule has 264 valence electrons. The fourth-order valence-electron chi connectivity index (χ4n) is 10.9. The molecule has 0 N–H and O–H groups in total. The van der Waals surface area contributed by atoms with Crippen molar-refractivity contribution in [1.29, 1.82) is 0 Å². The van der Waals surface area contributed by atoms with Crippen LogP contribution in [0.5, 0.6) is 0 Å². The summed E-state index contributed by atoms with van der Waals surface area (Å²) in [5, 5.41) is 0. The van der Waals surface area contributed by atoms with E-state index in [0.29, 0.717) is 0 Å². The maximum absolute atomic E-state index is 5.18. The third kappa shape index (κ3) is 3.95. The summed E-state index contributed by atoms with van der Waals surface area (Å²) in [5.41, 5.74) is 17.2. The first-order valence-electron chi connectivity index (χ1n) is 19.4. The summed E-state index contributed by atoms with van der Waals surface area (Å²) in [6.45, 7) is 9.80. The van der Waals surface area contributed by atoms with Crippen LogP contribution >= 0.6 is 0 Å². The van der Waals surface area contributed by atoms with Gasteiger partial charge in [0.25, 0.3) is 0 Å². The van der Waals surface area contributed by atoms with Crippen LogP contribution in [0.1, 0.15) is 42.0 Å². The van der Waals surface area contributed by atoms with Gasteiger partial charge in [-0.2, -0.15) is 0 Å². The Morgan fingerprint density at radius 1 is 0.491 bits per heavy atom. The van der Waals surface area contributed by atoms with Gasteiger partial charge < -0.3 is 19.6 Å². The van der Waals surface area contributed by atoms with Crippen LogP contribution in [-0.4, -0.2) is 17.3 Å². The van der Waals surface area contributed by atoms with Crippen molar-refractivity contribution in [2.45, 2.75) is 37.5 Å².